The molecule has 188 valence electrons. The molecule has 4 rings (SSSR count). The van der Waals surface area contributed by atoms with Crippen LogP contribution in [0, 0.1) is 6.33 Å². The summed E-state index contributed by atoms with van der Waals surface area (Å²) in [7, 11) is 4.76. The molecule has 2 aromatic heterocycles. The summed E-state index contributed by atoms with van der Waals surface area (Å²) >= 11 is 0.847. The molecule has 0 radical (unpaired) electrons. The van der Waals surface area contributed by atoms with Gasteiger partial charge in [-0.05, 0) is 40.5 Å². The van der Waals surface area contributed by atoms with Crippen molar-refractivity contribution < 1.29 is 17.3 Å². The summed E-state index contributed by atoms with van der Waals surface area (Å²) in [6.45, 7) is 17.8. The third-order valence-corrected chi connectivity index (χ3v) is 6.14. The number of hydrogen-bond acceptors (Lipinski definition) is 2. The molecule has 0 amide bonds. The fourth-order valence-electron chi connectivity index (χ4n) is 4.34. The zero-order chi connectivity index (χ0) is 26.8. The summed E-state index contributed by atoms with van der Waals surface area (Å²) in [5.41, 5.74) is 8.02. The van der Waals surface area contributed by atoms with Crippen LogP contribution in [0.3, 0.4) is 0 Å². The predicted octanol–water partition coefficient (Wildman–Crippen LogP) is 8.73. The van der Waals surface area contributed by atoms with Crippen LogP contribution >= 0.6 is 9.69 Å². The summed E-state index contributed by atoms with van der Waals surface area (Å²) < 4.78 is 4.13. The van der Waals surface area contributed by atoms with E-state index in [0.29, 0.717) is 23.7 Å². The Balaban J connectivity index is 0.000000237. The number of imidazole rings is 2. The molecule has 0 saturated carbocycles. The summed E-state index contributed by atoms with van der Waals surface area (Å²) in [4.78, 5) is 8.20. The second-order valence-electron chi connectivity index (χ2n) is 10.1. The summed E-state index contributed by atoms with van der Waals surface area (Å²) in [5.74, 6) is 2.04. The molecule has 4 nitrogen and oxygen atoms in total. The standard InChI is InChI=1S/C15H20N2.C15H19N2.ClH.Zn/c2*1-11(2)13-6-5-7-14(12(3)4)15(13)17-9-8-16-10-17;;/h5-12H,1-4H3;5-9,11-12H,1-4H3;1H;/q;-1;;+2/p-1. The number of hydrogen-bond donors (Lipinski definition) is 0. The van der Waals surface area contributed by atoms with Crippen LogP contribution in [-0.2, 0) is 17.3 Å². The van der Waals surface area contributed by atoms with Crippen LogP contribution in [0.4, 0.5) is 0 Å². The van der Waals surface area contributed by atoms with Crippen molar-refractivity contribution in [2.75, 3.05) is 0 Å². The first kappa shape index (κ1) is 30.0. The van der Waals surface area contributed by atoms with Crippen molar-refractivity contribution in [2.24, 2.45) is 0 Å². The third kappa shape index (κ3) is 7.40. The van der Waals surface area contributed by atoms with Crippen molar-refractivity contribution in [3.63, 3.8) is 0 Å². The second-order valence-corrected chi connectivity index (χ2v) is 10.1. The molecule has 6 heteroatoms. The molecule has 36 heavy (non-hydrogen) atoms. The van der Waals surface area contributed by atoms with E-state index in [1.54, 1.807) is 6.20 Å². The van der Waals surface area contributed by atoms with E-state index in [-0.39, 0.29) is 0 Å². The number of aromatic nitrogens is 4. The Labute approximate surface area is 231 Å². The molecule has 2 aromatic carbocycles. The number of nitrogens with zero attached hydrogens (tertiary/aromatic N) is 4. The molecule has 0 aliphatic heterocycles. The van der Waals surface area contributed by atoms with Crippen molar-refractivity contribution in [1.29, 1.82) is 0 Å². The predicted molar refractivity (Wildman–Crippen MR) is 148 cm³/mol. The van der Waals surface area contributed by atoms with Crippen LogP contribution in [0.25, 0.3) is 11.4 Å². The quantitative estimate of drug-likeness (QED) is 0.176. The number of halogens is 1. The first-order valence-electron chi connectivity index (χ1n) is 12.6. The molecule has 0 saturated heterocycles. The maximum atomic E-state index is 4.76. The van der Waals surface area contributed by atoms with Crippen LogP contribution in [0.15, 0.2) is 67.5 Å². The zero-order valence-electron chi connectivity index (χ0n) is 23.0. The van der Waals surface area contributed by atoms with Gasteiger partial charge in [-0.25, -0.2) is 4.98 Å². The van der Waals surface area contributed by atoms with Crippen molar-refractivity contribution in [1.82, 2.24) is 19.1 Å². The summed E-state index contributed by atoms with van der Waals surface area (Å²) in [6, 6.07) is 13.1. The fourth-order valence-corrected chi connectivity index (χ4v) is 4.34. The average molecular weight is 557 g/mol. The second kappa shape index (κ2) is 14.5. The van der Waals surface area contributed by atoms with Gasteiger partial charge in [0.2, 0.25) is 0 Å². The molecule has 0 aliphatic carbocycles. The first-order valence-corrected chi connectivity index (χ1v) is 16.5. The summed E-state index contributed by atoms with van der Waals surface area (Å²) in [5, 5.41) is 0. The van der Waals surface area contributed by atoms with Gasteiger partial charge >= 0.3 is 27.0 Å². The van der Waals surface area contributed by atoms with E-state index in [1.165, 1.54) is 33.6 Å². The van der Waals surface area contributed by atoms with E-state index in [4.69, 9.17) is 9.69 Å². The minimum absolute atomic E-state index is 0.500. The van der Waals surface area contributed by atoms with Gasteiger partial charge in [-0.2, -0.15) is 0 Å². The Hall–Kier alpha value is -2.23. The Morgan fingerprint density at radius 2 is 1.11 bits per heavy atom. The molecular formula is C30H39ClN4Zn. The van der Waals surface area contributed by atoms with Crippen LogP contribution in [0.1, 0.15) is 101 Å². The number of benzene rings is 2. The molecule has 0 atom stereocenters. The van der Waals surface area contributed by atoms with Gasteiger partial charge in [-0.15, -0.1) is 0 Å². The SMILES string of the molecule is CC(C)c1cccc(C(C)C)c1-n1[c-]ncc1.CC(C)c1cccc(C(C)C)c1-n1ccnc1.[Cl][Zn+]. The van der Waals surface area contributed by atoms with Crippen molar-refractivity contribution in [3.8, 4) is 11.4 Å². The van der Waals surface area contributed by atoms with Gasteiger partial charge < -0.3 is 14.1 Å². The van der Waals surface area contributed by atoms with E-state index in [1.807, 2.05) is 29.5 Å². The van der Waals surface area contributed by atoms with E-state index in [2.05, 4.69) is 113 Å². The molecule has 0 unspecified atom stereocenters. The van der Waals surface area contributed by atoms with Gasteiger partial charge in [0.15, 0.2) is 0 Å². The van der Waals surface area contributed by atoms with Crippen molar-refractivity contribution >= 4 is 9.69 Å². The minimum atomic E-state index is 0.500. The Kier molecular flexibility index (Phi) is 12.1. The van der Waals surface area contributed by atoms with Gasteiger partial charge in [0, 0.05) is 18.7 Å². The van der Waals surface area contributed by atoms with Crippen LogP contribution in [-0.4, -0.2) is 19.1 Å². The number of para-hydroxylation sites is 2. The molecule has 0 bridgehead atoms. The van der Waals surface area contributed by atoms with E-state index in [9.17, 15) is 0 Å². The van der Waals surface area contributed by atoms with Crippen molar-refractivity contribution in [3.05, 3.63) is 96.1 Å². The van der Waals surface area contributed by atoms with Gasteiger partial charge in [0.25, 0.3) is 0 Å². The third-order valence-electron chi connectivity index (χ3n) is 6.14. The molecule has 4 aromatic rings. The van der Waals surface area contributed by atoms with E-state index in [0.717, 1.165) is 17.3 Å². The monoisotopic (exact) mass is 554 g/mol. The first-order chi connectivity index (χ1) is 17.2. The molecule has 2 heterocycles. The Morgan fingerprint density at radius 1 is 0.667 bits per heavy atom. The zero-order valence-corrected chi connectivity index (χ0v) is 26.8. The average Bonchev–Trinajstić information content (AvgIpc) is 3.59. The molecule has 0 spiro atoms. The summed E-state index contributed by atoms with van der Waals surface area (Å²) in [6.07, 6.45) is 12.5. The van der Waals surface area contributed by atoms with Crippen LogP contribution in [0.5, 0.6) is 0 Å². The maximum absolute atomic E-state index is 4.76. The molecule has 0 fully saturated rings. The normalized spacial score (nSPS) is 11.0. The Bertz CT molecular complexity index is 1020. The number of rotatable bonds is 6. The Morgan fingerprint density at radius 3 is 1.44 bits per heavy atom. The van der Waals surface area contributed by atoms with Crippen molar-refractivity contribution in [2.45, 2.75) is 79.1 Å². The van der Waals surface area contributed by atoms with Gasteiger partial charge in [0.05, 0.1) is 12.0 Å². The van der Waals surface area contributed by atoms with Gasteiger partial charge in [0.1, 0.15) is 0 Å². The molecule has 0 aliphatic rings. The molecule has 0 N–H and O–H groups in total. The fraction of sp³-hybridized carbons (Fsp3) is 0.400. The van der Waals surface area contributed by atoms with E-state index >= 15 is 0 Å². The topological polar surface area (TPSA) is 35.6 Å². The van der Waals surface area contributed by atoms with Gasteiger partial charge in [-0.3, -0.25) is 0 Å². The van der Waals surface area contributed by atoms with Crippen LogP contribution in [0.2, 0.25) is 0 Å². The molecular weight excluding hydrogens is 517 g/mol. The van der Waals surface area contributed by atoms with Crippen LogP contribution < -0.4 is 0 Å². The van der Waals surface area contributed by atoms with Gasteiger partial charge in [-0.1, -0.05) is 115 Å². The van der Waals surface area contributed by atoms with E-state index < -0.39 is 0 Å².